The number of nitrogens with one attached hydrogen (secondary N) is 1. The van der Waals surface area contributed by atoms with Gasteiger partial charge < -0.3 is 10.2 Å². The van der Waals surface area contributed by atoms with Crippen LogP contribution in [0.15, 0.2) is 0 Å². The van der Waals surface area contributed by atoms with Crippen LogP contribution in [0.25, 0.3) is 0 Å². The summed E-state index contributed by atoms with van der Waals surface area (Å²) in [4.78, 5) is 13.5. The summed E-state index contributed by atoms with van der Waals surface area (Å²) in [5.41, 5.74) is 0. The summed E-state index contributed by atoms with van der Waals surface area (Å²) in [7, 11) is 0. The van der Waals surface area contributed by atoms with Gasteiger partial charge in [-0.25, -0.2) is 4.79 Å². The van der Waals surface area contributed by atoms with E-state index in [1.54, 1.807) is 0 Å². The summed E-state index contributed by atoms with van der Waals surface area (Å²) < 4.78 is 0. The number of hydrogen-bond donors (Lipinski definition) is 1. The molecule has 2 amide bonds. The zero-order valence-electron chi connectivity index (χ0n) is 10.4. The molecule has 92 valence electrons. The highest BCUT2D eigenvalue weighted by molar-refractivity contribution is 5.74. The highest BCUT2D eigenvalue weighted by Crippen LogP contribution is 2.30. The van der Waals surface area contributed by atoms with E-state index in [1.165, 1.54) is 32.1 Å². The van der Waals surface area contributed by atoms with Gasteiger partial charge in [0.25, 0.3) is 0 Å². The minimum Gasteiger partial charge on any atom is -0.338 e. The second-order valence-electron chi connectivity index (χ2n) is 5.49. The molecule has 0 atom stereocenters. The zero-order chi connectivity index (χ0) is 11.4. The fraction of sp³-hybridized carbons (Fsp3) is 0.923. The van der Waals surface area contributed by atoms with Gasteiger partial charge in [-0.3, -0.25) is 0 Å². The van der Waals surface area contributed by atoms with Crippen LogP contribution >= 0.6 is 0 Å². The molecule has 1 saturated heterocycles. The molecule has 0 bridgehead atoms. The minimum atomic E-state index is 0.149. The first-order valence-electron chi connectivity index (χ1n) is 6.78. The van der Waals surface area contributed by atoms with Crippen molar-refractivity contribution < 1.29 is 4.79 Å². The maximum Gasteiger partial charge on any atom is 0.317 e. The molecule has 1 aliphatic carbocycles. The lowest BCUT2D eigenvalue weighted by atomic mass is 9.81. The fourth-order valence-corrected chi connectivity index (χ4v) is 2.85. The van der Waals surface area contributed by atoms with E-state index in [-0.39, 0.29) is 6.03 Å². The zero-order valence-corrected chi connectivity index (χ0v) is 10.4. The summed E-state index contributed by atoms with van der Waals surface area (Å²) in [5.74, 6) is 1.79. The molecule has 0 aromatic rings. The third-order valence-corrected chi connectivity index (χ3v) is 4.11. The fourth-order valence-electron chi connectivity index (χ4n) is 2.85. The Morgan fingerprint density at radius 1 is 1.31 bits per heavy atom. The average Bonchev–Trinajstić information content (AvgIpc) is 2.30. The van der Waals surface area contributed by atoms with E-state index in [2.05, 4.69) is 12.2 Å². The van der Waals surface area contributed by atoms with Crippen LogP contribution in [0.3, 0.4) is 0 Å². The molecule has 3 nitrogen and oxygen atoms in total. The van der Waals surface area contributed by atoms with Crippen molar-refractivity contribution in [2.45, 2.75) is 45.4 Å². The van der Waals surface area contributed by atoms with Crippen LogP contribution in [0.1, 0.15) is 45.4 Å². The predicted molar refractivity (Wildman–Crippen MR) is 65.3 cm³/mol. The molecule has 0 spiro atoms. The molecular weight excluding hydrogens is 200 g/mol. The average molecular weight is 224 g/mol. The van der Waals surface area contributed by atoms with Crippen LogP contribution in [0.5, 0.6) is 0 Å². The smallest absolute Gasteiger partial charge is 0.317 e. The Labute approximate surface area is 98.6 Å². The van der Waals surface area contributed by atoms with Crippen LogP contribution < -0.4 is 5.32 Å². The molecule has 0 aromatic carbocycles. The number of carbonyl (C=O) groups excluding carboxylic acids is 1. The number of rotatable bonds is 3. The van der Waals surface area contributed by atoms with Gasteiger partial charge in [-0.2, -0.15) is 0 Å². The van der Waals surface area contributed by atoms with E-state index < -0.39 is 0 Å². The number of nitrogens with zero attached hydrogens (tertiary/aromatic N) is 1. The molecule has 1 heterocycles. The first-order valence-corrected chi connectivity index (χ1v) is 6.78. The van der Waals surface area contributed by atoms with Crippen LogP contribution in [0.4, 0.5) is 4.79 Å². The van der Waals surface area contributed by atoms with Crippen molar-refractivity contribution in [2.24, 2.45) is 11.8 Å². The lowest BCUT2D eigenvalue weighted by Crippen LogP contribution is -2.47. The quantitative estimate of drug-likeness (QED) is 0.785. The van der Waals surface area contributed by atoms with Gasteiger partial charge in [0.1, 0.15) is 0 Å². The molecule has 2 rings (SSSR count). The monoisotopic (exact) mass is 224 g/mol. The molecule has 0 aromatic heterocycles. The van der Waals surface area contributed by atoms with Crippen LogP contribution in [0, 0.1) is 11.8 Å². The van der Waals surface area contributed by atoms with Crippen molar-refractivity contribution in [1.82, 2.24) is 10.2 Å². The predicted octanol–water partition coefficient (Wildman–Crippen LogP) is 2.62. The van der Waals surface area contributed by atoms with Gasteiger partial charge >= 0.3 is 6.03 Å². The largest absolute Gasteiger partial charge is 0.338 e. The summed E-state index contributed by atoms with van der Waals surface area (Å²) in [6.07, 6.45) is 7.83. The minimum absolute atomic E-state index is 0.149. The maximum absolute atomic E-state index is 11.5. The van der Waals surface area contributed by atoms with E-state index in [0.717, 1.165) is 37.9 Å². The molecule has 2 fully saturated rings. The van der Waals surface area contributed by atoms with Crippen molar-refractivity contribution in [2.75, 3.05) is 19.6 Å². The number of carbonyl (C=O) groups is 1. The van der Waals surface area contributed by atoms with E-state index in [1.807, 2.05) is 4.90 Å². The Hall–Kier alpha value is -0.730. The van der Waals surface area contributed by atoms with Gasteiger partial charge in [-0.15, -0.1) is 0 Å². The van der Waals surface area contributed by atoms with Crippen molar-refractivity contribution in [3.63, 3.8) is 0 Å². The second kappa shape index (κ2) is 5.55. The van der Waals surface area contributed by atoms with Gasteiger partial charge in [0.2, 0.25) is 0 Å². The lowest BCUT2D eigenvalue weighted by Gasteiger charge is -2.31. The van der Waals surface area contributed by atoms with Gasteiger partial charge in [0.05, 0.1) is 0 Å². The van der Waals surface area contributed by atoms with Gasteiger partial charge in [0, 0.05) is 19.6 Å². The summed E-state index contributed by atoms with van der Waals surface area (Å²) in [5, 5.41) is 2.91. The molecule has 1 N–H and O–H groups in total. The molecule has 0 unspecified atom stereocenters. The SMILES string of the molecule is CC1CCC(CCN2CCCNC2=O)CC1. The third-order valence-electron chi connectivity index (χ3n) is 4.11. The molecule has 0 radical (unpaired) electrons. The Morgan fingerprint density at radius 2 is 2.06 bits per heavy atom. The van der Waals surface area contributed by atoms with E-state index >= 15 is 0 Å². The summed E-state index contributed by atoms with van der Waals surface area (Å²) in [6, 6.07) is 0.149. The highest BCUT2D eigenvalue weighted by Gasteiger charge is 2.21. The van der Waals surface area contributed by atoms with Crippen LogP contribution in [0.2, 0.25) is 0 Å². The number of hydrogen-bond acceptors (Lipinski definition) is 1. The molecular formula is C13H24N2O. The van der Waals surface area contributed by atoms with E-state index in [4.69, 9.17) is 0 Å². The molecule has 3 heteroatoms. The Bertz CT molecular complexity index is 234. The molecule has 1 saturated carbocycles. The van der Waals surface area contributed by atoms with Crippen LogP contribution in [-0.4, -0.2) is 30.6 Å². The first-order chi connectivity index (χ1) is 7.75. The summed E-state index contributed by atoms with van der Waals surface area (Å²) in [6.45, 7) is 5.13. The van der Waals surface area contributed by atoms with Crippen molar-refractivity contribution in [3.05, 3.63) is 0 Å². The first kappa shape index (κ1) is 11.7. The van der Waals surface area contributed by atoms with Gasteiger partial charge in [0.15, 0.2) is 0 Å². The third kappa shape index (κ3) is 3.13. The van der Waals surface area contributed by atoms with Gasteiger partial charge in [-0.1, -0.05) is 32.6 Å². The maximum atomic E-state index is 11.5. The molecule has 2 aliphatic rings. The Balaban J connectivity index is 1.68. The summed E-state index contributed by atoms with van der Waals surface area (Å²) >= 11 is 0. The number of amides is 2. The Morgan fingerprint density at radius 3 is 2.75 bits per heavy atom. The molecule has 1 aliphatic heterocycles. The lowest BCUT2D eigenvalue weighted by molar-refractivity contribution is 0.175. The van der Waals surface area contributed by atoms with E-state index in [0.29, 0.717) is 0 Å². The normalized spacial score (nSPS) is 31.3. The van der Waals surface area contributed by atoms with E-state index in [9.17, 15) is 4.79 Å². The second-order valence-corrected chi connectivity index (χ2v) is 5.49. The highest BCUT2D eigenvalue weighted by atomic mass is 16.2. The van der Waals surface area contributed by atoms with Crippen LogP contribution in [-0.2, 0) is 0 Å². The number of urea groups is 1. The van der Waals surface area contributed by atoms with Gasteiger partial charge in [-0.05, 0) is 24.7 Å². The van der Waals surface area contributed by atoms with Crippen molar-refractivity contribution in [3.8, 4) is 0 Å². The standard InChI is InChI=1S/C13H24N2O/c1-11-3-5-12(6-4-11)7-10-15-9-2-8-14-13(15)16/h11-12H,2-10H2,1H3,(H,14,16). The topological polar surface area (TPSA) is 32.3 Å². The van der Waals surface area contributed by atoms with Crippen molar-refractivity contribution >= 4 is 6.03 Å². The van der Waals surface area contributed by atoms with Crippen molar-refractivity contribution in [1.29, 1.82) is 0 Å². The molecule has 16 heavy (non-hydrogen) atoms. The Kier molecular flexibility index (Phi) is 4.08.